The molecule has 0 atom stereocenters. The number of anilines is 1. The first kappa shape index (κ1) is 10.8. The van der Waals surface area contributed by atoms with Crippen LogP contribution in [0.25, 0.3) is 0 Å². The molecular formula is C7H4FN3O4S. The van der Waals surface area contributed by atoms with Gasteiger partial charge in [-0.25, -0.2) is 4.39 Å². The monoisotopic (exact) mass is 245 g/mol. The molecule has 1 aromatic rings. The van der Waals surface area contributed by atoms with Crippen LogP contribution in [0.3, 0.4) is 0 Å². The third-order valence-corrected chi connectivity index (χ3v) is 2.29. The smallest absolute Gasteiger partial charge is 0.204 e. The lowest BCUT2D eigenvalue weighted by Crippen LogP contribution is -2.29. The van der Waals surface area contributed by atoms with Crippen LogP contribution < -0.4 is 10.8 Å². The van der Waals surface area contributed by atoms with E-state index in [1.807, 2.05) is 5.59 Å². The number of benzene rings is 1. The van der Waals surface area contributed by atoms with Crippen LogP contribution in [0.2, 0.25) is 0 Å². The van der Waals surface area contributed by atoms with Gasteiger partial charge in [0.15, 0.2) is 5.82 Å². The van der Waals surface area contributed by atoms with E-state index in [-0.39, 0.29) is 11.3 Å². The third kappa shape index (κ3) is 1.95. The highest BCUT2D eigenvalue weighted by molar-refractivity contribution is 7.82. The molecule has 0 aromatic heterocycles. The average Bonchev–Trinajstić information content (AvgIpc) is 2.58. The molecule has 1 heterocycles. The summed E-state index contributed by atoms with van der Waals surface area (Å²) in [4.78, 5) is 0. The topological polar surface area (TPSA) is 91.7 Å². The van der Waals surface area contributed by atoms with E-state index >= 15 is 0 Å². The average molecular weight is 245 g/mol. The summed E-state index contributed by atoms with van der Waals surface area (Å²) in [5, 5.41) is 9.00. The number of nitrogens with zero attached hydrogens (tertiary/aromatic N) is 2. The SMILES string of the molecule is N#Cc1ccc(N2NOS(=O)(=O)O2)c(F)c1. The van der Waals surface area contributed by atoms with E-state index in [2.05, 4.69) is 8.57 Å². The van der Waals surface area contributed by atoms with Gasteiger partial charge in [0.1, 0.15) is 5.69 Å². The fourth-order valence-electron chi connectivity index (χ4n) is 1.03. The zero-order chi connectivity index (χ0) is 11.8. The zero-order valence-electron chi connectivity index (χ0n) is 7.55. The highest BCUT2D eigenvalue weighted by Crippen LogP contribution is 2.23. The molecular weight excluding hydrogens is 241 g/mol. The van der Waals surface area contributed by atoms with Crippen LogP contribution in [0.4, 0.5) is 10.1 Å². The Balaban J connectivity index is 2.33. The highest BCUT2D eigenvalue weighted by Gasteiger charge is 2.30. The van der Waals surface area contributed by atoms with Gasteiger partial charge >= 0.3 is 10.4 Å². The van der Waals surface area contributed by atoms with Crippen LogP contribution in [0, 0.1) is 17.1 Å². The molecule has 1 aliphatic heterocycles. The van der Waals surface area contributed by atoms with Gasteiger partial charge in [0.05, 0.1) is 11.6 Å². The van der Waals surface area contributed by atoms with Crippen LogP contribution in [0.15, 0.2) is 18.2 Å². The minimum atomic E-state index is -4.19. The lowest BCUT2D eigenvalue weighted by Gasteiger charge is -2.11. The van der Waals surface area contributed by atoms with Crippen molar-refractivity contribution in [1.29, 1.82) is 5.26 Å². The largest absolute Gasteiger partial charge is 0.440 e. The van der Waals surface area contributed by atoms with Crippen molar-refractivity contribution in [3.05, 3.63) is 29.6 Å². The van der Waals surface area contributed by atoms with E-state index in [0.29, 0.717) is 5.17 Å². The number of nitriles is 1. The van der Waals surface area contributed by atoms with E-state index in [4.69, 9.17) is 5.26 Å². The Kier molecular flexibility index (Phi) is 2.49. The summed E-state index contributed by atoms with van der Waals surface area (Å²) in [5.74, 6) is -0.827. The fraction of sp³-hybridized carbons (Fsp3) is 0. The maximum absolute atomic E-state index is 13.4. The van der Waals surface area contributed by atoms with Crippen LogP contribution in [0.1, 0.15) is 5.56 Å². The maximum atomic E-state index is 13.4. The second-order valence-corrected chi connectivity index (χ2v) is 3.86. The van der Waals surface area contributed by atoms with Crippen molar-refractivity contribution >= 4 is 16.1 Å². The molecule has 16 heavy (non-hydrogen) atoms. The molecule has 0 aliphatic carbocycles. The standard InChI is InChI=1S/C7H4FN3O4S/c8-6-3-5(4-9)1-2-7(6)11-10-14-16(12,13)15-11/h1-3,10H. The number of halogens is 1. The van der Waals surface area contributed by atoms with Crippen LogP contribution >= 0.6 is 0 Å². The molecule has 7 nitrogen and oxygen atoms in total. The molecule has 0 unspecified atom stereocenters. The van der Waals surface area contributed by atoms with Crippen LogP contribution in [0.5, 0.6) is 0 Å². The van der Waals surface area contributed by atoms with Crippen molar-refractivity contribution < 1.29 is 21.4 Å². The summed E-state index contributed by atoms with van der Waals surface area (Å²) in [6, 6.07) is 5.14. The predicted octanol–water partition coefficient (Wildman–Crippen LogP) is 0.130. The number of nitrogens with one attached hydrogen (secondary N) is 1. The molecule has 1 saturated heterocycles. The minimum absolute atomic E-state index is 0.101. The number of hydrogen-bond acceptors (Lipinski definition) is 7. The first-order valence-corrected chi connectivity index (χ1v) is 5.23. The lowest BCUT2D eigenvalue weighted by atomic mass is 10.2. The van der Waals surface area contributed by atoms with Crippen LogP contribution in [-0.4, -0.2) is 8.42 Å². The first-order chi connectivity index (χ1) is 7.52. The van der Waals surface area contributed by atoms with Gasteiger partial charge in [-0.2, -0.15) is 13.7 Å². The van der Waals surface area contributed by atoms with Crippen molar-refractivity contribution in [1.82, 2.24) is 5.59 Å². The second kappa shape index (κ2) is 3.69. The summed E-state index contributed by atoms with van der Waals surface area (Å²) in [6.45, 7) is 0. The molecule has 1 aliphatic rings. The van der Waals surface area contributed by atoms with E-state index < -0.39 is 16.2 Å². The highest BCUT2D eigenvalue weighted by atomic mass is 32.3. The Bertz CT molecular complexity index is 567. The second-order valence-electron chi connectivity index (χ2n) is 2.73. The normalized spacial score (nSPS) is 18.4. The maximum Gasteiger partial charge on any atom is 0.440 e. The Morgan fingerprint density at radius 2 is 2.25 bits per heavy atom. The van der Waals surface area contributed by atoms with E-state index in [9.17, 15) is 12.8 Å². The lowest BCUT2D eigenvalue weighted by molar-refractivity contribution is 0.196. The fourth-order valence-corrected chi connectivity index (χ4v) is 1.51. The molecule has 1 aromatic carbocycles. The molecule has 0 spiro atoms. The molecule has 0 radical (unpaired) electrons. The Morgan fingerprint density at radius 3 is 2.75 bits per heavy atom. The van der Waals surface area contributed by atoms with Gasteiger partial charge in [0.25, 0.3) is 0 Å². The summed E-state index contributed by atoms with van der Waals surface area (Å²) in [5.41, 5.74) is 1.72. The van der Waals surface area contributed by atoms with Crippen molar-refractivity contribution in [3.63, 3.8) is 0 Å². The summed E-state index contributed by atoms with van der Waals surface area (Å²) >= 11 is 0. The van der Waals surface area contributed by atoms with Crippen LogP contribution in [-0.2, 0) is 19.0 Å². The number of rotatable bonds is 1. The van der Waals surface area contributed by atoms with Gasteiger partial charge in [-0.1, -0.05) is 5.59 Å². The van der Waals surface area contributed by atoms with E-state index in [0.717, 1.165) is 6.07 Å². The number of hydrogen-bond donors (Lipinski definition) is 1. The Hall–Kier alpha value is -1.73. The Morgan fingerprint density at radius 1 is 1.50 bits per heavy atom. The van der Waals surface area contributed by atoms with Gasteiger partial charge in [-0.3, -0.25) is 0 Å². The third-order valence-electron chi connectivity index (χ3n) is 1.68. The minimum Gasteiger partial charge on any atom is -0.204 e. The quantitative estimate of drug-likeness (QED) is 0.751. The van der Waals surface area contributed by atoms with Gasteiger partial charge in [0, 0.05) is 0 Å². The van der Waals surface area contributed by atoms with E-state index in [1.54, 1.807) is 6.07 Å². The van der Waals surface area contributed by atoms with Crippen molar-refractivity contribution in [2.45, 2.75) is 0 Å². The molecule has 0 bridgehead atoms. The summed E-state index contributed by atoms with van der Waals surface area (Å²) in [6.07, 6.45) is 0. The zero-order valence-corrected chi connectivity index (χ0v) is 8.36. The predicted molar refractivity (Wildman–Crippen MR) is 47.8 cm³/mol. The molecule has 0 saturated carbocycles. The van der Waals surface area contributed by atoms with Gasteiger partial charge in [-0.15, -0.1) is 13.7 Å². The van der Waals surface area contributed by atoms with Crippen molar-refractivity contribution in [2.24, 2.45) is 0 Å². The molecule has 0 amide bonds. The Labute approximate surface area is 89.8 Å². The summed E-state index contributed by atoms with van der Waals surface area (Å²) in [7, 11) is -4.19. The molecule has 9 heteroatoms. The molecule has 2 rings (SSSR count). The number of hydrazine groups is 1. The molecule has 1 N–H and O–H groups in total. The molecule has 84 valence electrons. The van der Waals surface area contributed by atoms with Gasteiger partial charge in [-0.05, 0) is 18.2 Å². The van der Waals surface area contributed by atoms with E-state index in [1.165, 1.54) is 12.1 Å². The molecule has 1 fully saturated rings. The van der Waals surface area contributed by atoms with Crippen molar-refractivity contribution in [2.75, 3.05) is 5.17 Å². The summed E-state index contributed by atoms with van der Waals surface area (Å²) < 4.78 is 43.1. The van der Waals surface area contributed by atoms with Crippen molar-refractivity contribution in [3.8, 4) is 6.07 Å². The van der Waals surface area contributed by atoms with Gasteiger partial charge < -0.3 is 0 Å². The van der Waals surface area contributed by atoms with Gasteiger partial charge in [0.2, 0.25) is 0 Å². The first-order valence-electron chi connectivity index (χ1n) is 3.90.